The lowest BCUT2D eigenvalue weighted by molar-refractivity contribution is 0.292. The lowest BCUT2D eigenvalue weighted by atomic mass is 10.2. The minimum atomic E-state index is 0.519. The molecule has 0 spiro atoms. The van der Waals surface area contributed by atoms with E-state index in [0.717, 1.165) is 22.3 Å². The average molecular weight is 268 g/mol. The van der Waals surface area contributed by atoms with Gasteiger partial charge in [-0.3, -0.25) is 0 Å². The maximum Gasteiger partial charge on any atom is 0.119 e. The molecule has 0 fully saturated rings. The number of para-hydroxylation sites is 1. The third kappa shape index (κ3) is 2.62. The van der Waals surface area contributed by atoms with Crippen molar-refractivity contribution in [2.45, 2.75) is 13.1 Å². The van der Waals surface area contributed by atoms with Crippen LogP contribution in [0.1, 0.15) is 5.56 Å². The minimum absolute atomic E-state index is 0.519. The summed E-state index contributed by atoms with van der Waals surface area (Å²) < 4.78 is 7.58. The van der Waals surface area contributed by atoms with Gasteiger partial charge in [0.1, 0.15) is 17.9 Å². The topological polar surface area (TPSA) is 66.0 Å². The fourth-order valence-corrected chi connectivity index (χ4v) is 2.09. The summed E-state index contributed by atoms with van der Waals surface area (Å²) in [4.78, 5) is 0. The van der Waals surface area contributed by atoms with Crippen molar-refractivity contribution in [2.75, 3.05) is 6.61 Å². The molecule has 102 valence electrons. The summed E-state index contributed by atoms with van der Waals surface area (Å²) >= 11 is 0. The number of hydrogen-bond donors (Lipinski definition) is 1. The molecule has 0 saturated carbocycles. The smallest absolute Gasteiger partial charge is 0.119 e. The summed E-state index contributed by atoms with van der Waals surface area (Å²) in [7, 11) is 0. The van der Waals surface area contributed by atoms with Crippen molar-refractivity contribution >= 4 is 11.0 Å². The van der Waals surface area contributed by atoms with Crippen LogP contribution in [0.25, 0.3) is 11.0 Å². The van der Waals surface area contributed by atoms with Crippen molar-refractivity contribution in [1.29, 1.82) is 0 Å². The molecule has 3 rings (SSSR count). The summed E-state index contributed by atoms with van der Waals surface area (Å²) in [5.74, 6) is 0.831. The number of rotatable bonds is 5. The van der Waals surface area contributed by atoms with Crippen molar-refractivity contribution in [3.63, 3.8) is 0 Å². The fraction of sp³-hybridized carbons (Fsp3) is 0.200. The molecule has 0 atom stereocenters. The monoisotopic (exact) mass is 268 g/mol. The highest BCUT2D eigenvalue weighted by atomic mass is 16.5. The van der Waals surface area contributed by atoms with Crippen LogP contribution in [-0.4, -0.2) is 21.6 Å². The van der Waals surface area contributed by atoms with Gasteiger partial charge in [0, 0.05) is 6.54 Å². The Labute approximate surface area is 117 Å². The molecule has 1 aromatic heterocycles. The number of ether oxygens (including phenoxy) is 1. The zero-order valence-corrected chi connectivity index (χ0v) is 11.1. The van der Waals surface area contributed by atoms with Gasteiger partial charge in [0.25, 0.3) is 0 Å². The van der Waals surface area contributed by atoms with Crippen LogP contribution in [0.2, 0.25) is 0 Å². The zero-order chi connectivity index (χ0) is 13.8. The normalized spacial score (nSPS) is 10.8. The lowest BCUT2D eigenvalue weighted by Gasteiger charge is -2.07. The van der Waals surface area contributed by atoms with Crippen LogP contribution in [0.5, 0.6) is 5.75 Å². The van der Waals surface area contributed by atoms with Gasteiger partial charge in [-0.1, -0.05) is 29.5 Å². The number of fused-ring (bicyclic) bond motifs is 1. The van der Waals surface area contributed by atoms with E-state index in [-0.39, 0.29) is 0 Å². The average Bonchev–Trinajstić information content (AvgIpc) is 2.91. The quantitative estimate of drug-likeness (QED) is 0.768. The molecule has 0 unspecified atom stereocenters. The van der Waals surface area contributed by atoms with Crippen molar-refractivity contribution < 1.29 is 4.74 Å². The third-order valence-electron chi connectivity index (χ3n) is 3.13. The summed E-state index contributed by atoms with van der Waals surface area (Å²) in [6.45, 7) is 1.72. The predicted octanol–water partition coefficient (Wildman–Crippen LogP) is 1.97. The van der Waals surface area contributed by atoms with Crippen LogP contribution >= 0.6 is 0 Å². The first-order valence-electron chi connectivity index (χ1n) is 6.57. The van der Waals surface area contributed by atoms with Crippen LogP contribution in [0.3, 0.4) is 0 Å². The summed E-state index contributed by atoms with van der Waals surface area (Å²) in [6, 6.07) is 15.7. The molecule has 1 heterocycles. The maximum absolute atomic E-state index is 5.73. The minimum Gasteiger partial charge on any atom is -0.492 e. The van der Waals surface area contributed by atoms with E-state index < -0.39 is 0 Å². The highest BCUT2D eigenvalue weighted by Gasteiger charge is 2.03. The Hall–Kier alpha value is -2.40. The highest BCUT2D eigenvalue weighted by molar-refractivity contribution is 5.73. The Balaban J connectivity index is 1.65. The molecular formula is C15H16N4O. The van der Waals surface area contributed by atoms with Crippen LogP contribution in [0.4, 0.5) is 0 Å². The van der Waals surface area contributed by atoms with Gasteiger partial charge < -0.3 is 10.5 Å². The van der Waals surface area contributed by atoms with E-state index in [4.69, 9.17) is 10.5 Å². The van der Waals surface area contributed by atoms with Crippen molar-refractivity contribution in [1.82, 2.24) is 15.0 Å². The van der Waals surface area contributed by atoms with E-state index in [0.29, 0.717) is 19.7 Å². The van der Waals surface area contributed by atoms with E-state index in [9.17, 15) is 0 Å². The number of nitrogens with two attached hydrogens (primary N) is 1. The van der Waals surface area contributed by atoms with Gasteiger partial charge in [-0.2, -0.15) is 0 Å². The highest BCUT2D eigenvalue weighted by Crippen LogP contribution is 2.13. The Kier molecular flexibility index (Phi) is 3.60. The van der Waals surface area contributed by atoms with Crippen molar-refractivity contribution in [3.8, 4) is 5.75 Å². The molecule has 0 aliphatic carbocycles. The summed E-state index contributed by atoms with van der Waals surface area (Å²) in [5, 5.41) is 8.24. The summed E-state index contributed by atoms with van der Waals surface area (Å²) in [5.41, 5.74) is 8.59. The van der Waals surface area contributed by atoms with Crippen LogP contribution < -0.4 is 10.5 Å². The molecule has 0 aliphatic rings. The SMILES string of the molecule is NCc1cccc(OCCn2nnc3ccccc32)c1. The molecule has 2 aromatic carbocycles. The van der Waals surface area contributed by atoms with E-state index >= 15 is 0 Å². The van der Waals surface area contributed by atoms with Gasteiger partial charge >= 0.3 is 0 Å². The van der Waals surface area contributed by atoms with Gasteiger partial charge in [0.15, 0.2) is 0 Å². The van der Waals surface area contributed by atoms with E-state index in [1.54, 1.807) is 0 Å². The Bertz CT molecular complexity index is 708. The molecule has 3 aromatic rings. The number of hydrogen-bond acceptors (Lipinski definition) is 4. The van der Waals surface area contributed by atoms with E-state index in [1.807, 2.05) is 53.2 Å². The van der Waals surface area contributed by atoms with E-state index in [1.165, 1.54) is 0 Å². The Morgan fingerprint density at radius 1 is 1.10 bits per heavy atom. The molecule has 20 heavy (non-hydrogen) atoms. The van der Waals surface area contributed by atoms with Gasteiger partial charge in [0.05, 0.1) is 12.1 Å². The first kappa shape index (κ1) is 12.6. The lowest BCUT2D eigenvalue weighted by Crippen LogP contribution is -2.09. The van der Waals surface area contributed by atoms with Crippen LogP contribution in [-0.2, 0) is 13.1 Å². The first-order valence-corrected chi connectivity index (χ1v) is 6.57. The van der Waals surface area contributed by atoms with Crippen molar-refractivity contribution in [2.24, 2.45) is 5.73 Å². The molecule has 0 saturated heterocycles. The number of nitrogens with zero attached hydrogens (tertiary/aromatic N) is 3. The molecule has 0 radical (unpaired) electrons. The molecule has 0 bridgehead atoms. The second-order valence-electron chi connectivity index (χ2n) is 4.50. The van der Waals surface area contributed by atoms with Crippen LogP contribution in [0.15, 0.2) is 48.5 Å². The second-order valence-corrected chi connectivity index (χ2v) is 4.50. The number of benzene rings is 2. The van der Waals surface area contributed by atoms with Gasteiger partial charge in [-0.25, -0.2) is 4.68 Å². The fourth-order valence-electron chi connectivity index (χ4n) is 2.09. The van der Waals surface area contributed by atoms with Crippen LogP contribution in [0, 0.1) is 0 Å². The van der Waals surface area contributed by atoms with Gasteiger partial charge in [-0.05, 0) is 29.8 Å². The molecule has 5 nitrogen and oxygen atoms in total. The summed E-state index contributed by atoms with van der Waals surface area (Å²) in [6.07, 6.45) is 0. The van der Waals surface area contributed by atoms with Gasteiger partial charge in [-0.15, -0.1) is 5.10 Å². The molecule has 0 amide bonds. The molecule has 0 aliphatic heterocycles. The standard InChI is InChI=1S/C15H16N4O/c16-11-12-4-3-5-13(10-12)20-9-8-19-15-7-2-1-6-14(15)17-18-19/h1-7,10H,8-9,11,16H2. The first-order chi connectivity index (χ1) is 9.86. The van der Waals surface area contributed by atoms with E-state index in [2.05, 4.69) is 10.3 Å². The molecule has 5 heteroatoms. The third-order valence-corrected chi connectivity index (χ3v) is 3.13. The van der Waals surface area contributed by atoms with Crippen molar-refractivity contribution in [3.05, 3.63) is 54.1 Å². The number of aromatic nitrogens is 3. The predicted molar refractivity (Wildman–Crippen MR) is 77.4 cm³/mol. The maximum atomic E-state index is 5.73. The zero-order valence-electron chi connectivity index (χ0n) is 11.1. The van der Waals surface area contributed by atoms with Gasteiger partial charge in [0.2, 0.25) is 0 Å². The second kappa shape index (κ2) is 5.71. The Morgan fingerprint density at radius 3 is 2.90 bits per heavy atom. The Morgan fingerprint density at radius 2 is 2.00 bits per heavy atom. The largest absolute Gasteiger partial charge is 0.492 e. The molecular weight excluding hydrogens is 252 g/mol. The molecule has 2 N–H and O–H groups in total.